The first kappa shape index (κ1) is 16.4. The van der Waals surface area contributed by atoms with Gasteiger partial charge in [-0.05, 0) is 24.8 Å². The van der Waals surface area contributed by atoms with Crippen molar-refractivity contribution in [2.24, 2.45) is 11.8 Å². The van der Waals surface area contributed by atoms with Gasteiger partial charge in [0.05, 0.1) is 11.5 Å². The summed E-state index contributed by atoms with van der Waals surface area (Å²) < 4.78 is 23.4. The number of hydrogen-bond donors (Lipinski definition) is 2. The summed E-state index contributed by atoms with van der Waals surface area (Å²) in [7, 11) is -3.11. The Balaban J connectivity index is 2.35. The summed E-state index contributed by atoms with van der Waals surface area (Å²) in [5.41, 5.74) is 0. The quantitative estimate of drug-likeness (QED) is 0.749. The summed E-state index contributed by atoms with van der Waals surface area (Å²) in [4.78, 5) is 11.8. The predicted octanol–water partition coefficient (Wildman–Crippen LogP) is 0.562. The number of carbonyl (C=O) groups is 1. The summed E-state index contributed by atoms with van der Waals surface area (Å²) in [5, 5.41) is 6.16. The summed E-state index contributed by atoms with van der Waals surface area (Å²) in [6.45, 7) is 7.60. The van der Waals surface area contributed by atoms with Crippen LogP contribution in [-0.2, 0) is 14.6 Å². The van der Waals surface area contributed by atoms with Gasteiger partial charge >= 0.3 is 0 Å². The lowest BCUT2D eigenvalue weighted by Gasteiger charge is -2.30. The Bertz CT molecular complexity index is 393. The van der Waals surface area contributed by atoms with Crippen molar-refractivity contribution in [2.45, 2.75) is 39.7 Å². The molecule has 0 spiro atoms. The average molecular weight is 290 g/mol. The largest absolute Gasteiger partial charge is 0.352 e. The maximum atomic E-state index is 11.8. The Morgan fingerprint density at radius 3 is 2.68 bits per heavy atom. The Morgan fingerprint density at radius 2 is 2.11 bits per heavy atom. The minimum atomic E-state index is -3.11. The number of carbonyl (C=O) groups excluding carboxylic acids is 1. The number of sulfone groups is 1. The van der Waals surface area contributed by atoms with E-state index < -0.39 is 9.84 Å². The van der Waals surface area contributed by atoms with Crippen LogP contribution < -0.4 is 10.6 Å². The molecule has 2 atom stereocenters. The third-order valence-electron chi connectivity index (χ3n) is 3.40. The van der Waals surface area contributed by atoms with E-state index in [-0.39, 0.29) is 35.8 Å². The molecule has 1 heterocycles. The lowest BCUT2D eigenvalue weighted by molar-refractivity contribution is -0.121. The number of amides is 1. The van der Waals surface area contributed by atoms with E-state index >= 15 is 0 Å². The lowest BCUT2D eigenvalue weighted by atomic mass is 9.95. The monoisotopic (exact) mass is 290 g/mol. The standard InChI is InChI=1S/C13H26N2O3S/c1-10(2)9-19(17,18)7-5-13(16)15-12-8-14-6-4-11(12)3/h10-12,14H,4-9H2,1-3H3,(H,15,16). The normalized spacial score (nSPS) is 24.4. The van der Waals surface area contributed by atoms with Crippen molar-refractivity contribution in [1.29, 1.82) is 0 Å². The maximum Gasteiger partial charge on any atom is 0.221 e. The second-order valence-electron chi connectivity index (χ2n) is 5.90. The third-order valence-corrected chi connectivity index (χ3v) is 5.40. The molecule has 0 bridgehead atoms. The number of hydrogen-bond acceptors (Lipinski definition) is 4. The third kappa shape index (κ3) is 6.38. The van der Waals surface area contributed by atoms with Gasteiger partial charge in [-0.1, -0.05) is 20.8 Å². The predicted molar refractivity (Wildman–Crippen MR) is 76.7 cm³/mol. The van der Waals surface area contributed by atoms with Gasteiger partial charge < -0.3 is 10.6 Å². The molecule has 0 aromatic carbocycles. The lowest BCUT2D eigenvalue weighted by Crippen LogP contribution is -2.50. The van der Waals surface area contributed by atoms with Crippen LogP contribution in [0.25, 0.3) is 0 Å². The zero-order valence-electron chi connectivity index (χ0n) is 12.1. The Morgan fingerprint density at radius 1 is 1.42 bits per heavy atom. The molecule has 1 aliphatic heterocycles. The number of rotatable bonds is 6. The molecule has 5 nitrogen and oxygen atoms in total. The topological polar surface area (TPSA) is 75.3 Å². The average Bonchev–Trinajstić information content (AvgIpc) is 2.28. The van der Waals surface area contributed by atoms with Crippen molar-refractivity contribution in [1.82, 2.24) is 10.6 Å². The molecule has 1 aliphatic rings. The summed E-state index contributed by atoms with van der Waals surface area (Å²) in [6, 6.07) is 0.119. The zero-order valence-corrected chi connectivity index (χ0v) is 12.9. The van der Waals surface area contributed by atoms with Crippen LogP contribution in [0.3, 0.4) is 0 Å². The van der Waals surface area contributed by atoms with Crippen molar-refractivity contribution >= 4 is 15.7 Å². The number of piperidine rings is 1. The Labute approximate surface area is 116 Å². The molecule has 1 fully saturated rings. The van der Waals surface area contributed by atoms with E-state index in [1.54, 1.807) is 0 Å². The Hall–Kier alpha value is -0.620. The van der Waals surface area contributed by atoms with Crippen LogP contribution in [0.15, 0.2) is 0 Å². The van der Waals surface area contributed by atoms with E-state index in [4.69, 9.17) is 0 Å². The molecule has 112 valence electrons. The molecule has 1 saturated heterocycles. The van der Waals surface area contributed by atoms with Gasteiger partial charge in [0, 0.05) is 19.0 Å². The maximum absolute atomic E-state index is 11.8. The van der Waals surface area contributed by atoms with Gasteiger partial charge in [-0.15, -0.1) is 0 Å². The molecule has 19 heavy (non-hydrogen) atoms. The van der Waals surface area contributed by atoms with Gasteiger partial charge in [-0.25, -0.2) is 8.42 Å². The van der Waals surface area contributed by atoms with Crippen molar-refractivity contribution in [3.8, 4) is 0 Å². The van der Waals surface area contributed by atoms with Gasteiger partial charge in [0.2, 0.25) is 5.91 Å². The molecular formula is C13H26N2O3S. The van der Waals surface area contributed by atoms with Gasteiger partial charge in [0.15, 0.2) is 9.84 Å². The van der Waals surface area contributed by atoms with Gasteiger partial charge in [0.25, 0.3) is 0 Å². The van der Waals surface area contributed by atoms with Crippen LogP contribution in [0.2, 0.25) is 0 Å². The fourth-order valence-corrected chi connectivity index (χ4v) is 3.98. The summed E-state index contributed by atoms with van der Waals surface area (Å²) in [6.07, 6.45) is 1.11. The molecule has 1 amide bonds. The highest BCUT2D eigenvalue weighted by atomic mass is 32.2. The fourth-order valence-electron chi connectivity index (χ4n) is 2.30. The molecule has 1 rings (SSSR count). The molecule has 0 radical (unpaired) electrons. The molecular weight excluding hydrogens is 264 g/mol. The van der Waals surface area contributed by atoms with Crippen LogP contribution in [0.4, 0.5) is 0 Å². The van der Waals surface area contributed by atoms with Crippen LogP contribution in [0, 0.1) is 11.8 Å². The van der Waals surface area contributed by atoms with E-state index in [0.29, 0.717) is 5.92 Å². The fraction of sp³-hybridized carbons (Fsp3) is 0.923. The zero-order chi connectivity index (χ0) is 14.5. The van der Waals surface area contributed by atoms with Crippen molar-refractivity contribution in [3.05, 3.63) is 0 Å². The molecule has 6 heteroatoms. The number of nitrogens with one attached hydrogen (secondary N) is 2. The van der Waals surface area contributed by atoms with E-state index in [1.165, 1.54) is 0 Å². The first-order valence-electron chi connectivity index (χ1n) is 7.00. The van der Waals surface area contributed by atoms with Crippen LogP contribution in [-0.4, -0.2) is 45.0 Å². The van der Waals surface area contributed by atoms with Gasteiger partial charge in [-0.3, -0.25) is 4.79 Å². The summed E-state index contributed by atoms with van der Waals surface area (Å²) in [5.74, 6) is 0.494. The van der Waals surface area contributed by atoms with Gasteiger partial charge in [-0.2, -0.15) is 0 Å². The van der Waals surface area contributed by atoms with Crippen LogP contribution in [0.1, 0.15) is 33.6 Å². The first-order valence-corrected chi connectivity index (χ1v) is 8.83. The second kappa shape index (κ2) is 7.24. The minimum Gasteiger partial charge on any atom is -0.352 e. The summed E-state index contributed by atoms with van der Waals surface area (Å²) >= 11 is 0. The smallest absolute Gasteiger partial charge is 0.221 e. The van der Waals surface area contributed by atoms with Crippen molar-refractivity contribution in [3.63, 3.8) is 0 Å². The molecule has 0 aliphatic carbocycles. The van der Waals surface area contributed by atoms with E-state index in [9.17, 15) is 13.2 Å². The van der Waals surface area contributed by atoms with Crippen molar-refractivity contribution in [2.75, 3.05) is 24.6 Å². The molecule has 0 aromatic heterocycles. The minimum absolute atomic E-state index is 0.0501. The van der Waals surface area contributed by atoms with Crippen LogP contribution in [0.5, 0.6) is 0 Å². The molecule has 2 unspecified atom stereocenters. The van der Waals surface area contributed by atoms with E-state index in [0.717, 1.165) is 19.5 Å². The van der Waals surface area contributed by atoms with E-state index in [2.05, 4.69) is 17.6 Å². The molecule has 0 aromatic rings. The van der Waals surface area contributed by atoms with Crippen LogP contribution >= 0.6 is 0 Å². The molecule has 2 N–H and O–H groups in total. The first-order chi connectivity index (χ1) is 8.80. The second-order valence-corrected chi connectivity index (χ2v) is 8.13. The van der Waals surface area contributed by atoms with Crippen molar-refractivity contribution < 1.29 is 13.2 Å². The van der Waals surface area contributed by atoms with E-state index in [1.807, 2.05) is 13.8 Å². The highest BCUT2D eigenvalue weighted by molar-refractivity contribution is 7.91. The Kier molecular flexibility index (Phi) is 6.26. The molecule has 0 saturated carbocycles. The van der Waals surface area contributed by atoms with Gasteiger partial charge in [0.1, 0.15) is 0 Å². The highest BCUT2D eigenvalue weighted by Gasteiger charge is 2.23. The highest BCUT2D eigenvalue weighted by Crippen LogP contribution is 2.11. The SMILES string of the molecule is CC(C)CS(=O)(=O)CCC(=O)NC1CNCCC1C.